The summed E-state index contributed by atoms with van der Waals surface area (Å²) < 4.78 is 22.5. The van der Waals surface area contributed by atoms with E-state index in [4.69, 9.17) is 4.74 Å². The predicted octanol–water partition coefficient (Wildman–Crippen LogP) is 1.84. The quantitative estimate of drug-likeness (QED) is 0.605. The third kappa shape index (κ3) is 3.57. The Morgan fingerprint density at radius 1 is 1.44 bits per heavy atom. The summed E-state index contributed by atoms with van der Waals surface area (Å²) in [4.78, 5) is 33.7. The Morgan fingerprint density at radius 3 is 2.89 bits per heavy atom. The molecule has 0 atom stereocenters. The lowest BCUT2D eigenvalue weighted by Gasteiger charge is -2.39. The zero-order chi connectivity index (χ0) is 19.0. The molecule has 1 aromatic carbocycles. The van der Waals surface area contributed by atoms with Gasteiger partial charge in [0, 0.05) is 16.0 Å². The molecule has 1 fully saturated rings. The summed E-state index contributed by atoms with van der Waals surface area (Å²) in [6, 6.07) is 5.16. The molecule has 1 saturated heterocycles. The summed E-state index contributed by atoms with van der Waals surface area (Å²) in [7, 11) is 0. The Morgan fingerprint density at radius 2 is 2.26 bits per heavy atom. The maximum Gasteiger partial charge on any atom is 0.329 e. The van der Waals surface area contributed by atoms with Crippen molar-refractivity contribution in [2.45, 2.75) is 23.9 Å². The number of aryl methyl sites for hydroxylation is 1. The zero-order valence-corrected chi connectivity index (χ0v) is 16.1. The topological polar surface area (TPSA) is 89.0 Å². The Labute approximate surface area is 161 Å². The van der Waals surface area contributed by atoms with E-state index in [0.717, 1.165) is 14.8 Å². The summed E-state index contributed by atoms with van der Waals surface area (Å²) in [5.74, 6) is 0. The second kappa shape index (κ2) is 7.19. The first-order valence-corrected chi connectivity index (χ1v) is 9.89. The molecule has 0 unspecified atom stereocenters. The van der Waals surface area contributed by atoms with Crippen LogP contribution in [0.4, 0.5) is 4.39 Å². The number of H-pyrrole nitrogens is 1. The first-order chi connectivity index (χ1) is 13.0. The molecule has 0 bridgehead atoms. The van der Waals surface area contributed by atoms with E-state index < -0.39 is 17.9 Å². The molecule has 1 aliphatic heterocycles. The smallest absolute Gasteiger partial charge is 0.329 e. The van der Waals surface area contributed by atoms with Crippen molar-refractivity contribution >= 4 is 34.2 Å². The van der Waals surface area contributed by atoms with Gasteiger partial charge in [-0.2, -0.15) is 0 Å². The van der Waals surface area contributed by atoms with E-state index in [2.05, 4.69) is 14.7 Å². The molecular weight excluding hydrogens is 391 g/mol. The van der Waals surface area contributed by atoms with Crippen molar-refractivity contribution in [3.05, 3.63) is 55.1 Å². The lowest BCUT2D eigenvalue weighted by Crippen LogP contribution is -2.59. The van der Waals surface area contributed by atoms with Crippen LogP contribution in [0.1, 0.15) is 9.88 Å². The molecule has 0 radical (unpaired) electrons. The lowest BCUT2D eigenvalue weighted by molar-refractivity contribution is -0.0712. The van der Waals surface area contributed by atoms with Crippen LogP contribution in [0.5, 0.6) is 0 Å². The zero-order valence-electron chi connectivity index (χ0n) is 14.5. The highest BCUT2D eigenvalue weighted by molar-refractivity contribution is 7.97. The van der Waals surface area contributed by atoms with Gasteiger partial charge < -0.3 is 9.72 Å². The third-order valence-electron chi connectivity index (χ3n) is 4.33. The Hall–Kier alpha value is -2.01. The number of rotatable bonds is 6. The van der Waals surface area contributed by atoms with Crippen LogP contribution in [0.2, 0.25) is 0 Å². The molecule has 0 amide bonds. The van der Waals surface area contributed by atoms with Crippen molar-refractivity contribution in [1.29, 1.82) is 0 Å². The van der Waals surface area contributed by atoms with Gasteiger partial charge >= 0.3 is 5.69 Å². The van der Waals surface area contributed by atoms with Gasteiger partial charge in [-0.1, -0.05) is 0 Å². The second-order valence-electron chi connectivity index (χ2n) is 6.49. The fourth-order valence-corrected chi connectivity index (χ4v) is 4.35. The van der Waals surface area contributed by atoms with Crippen LogP contribution in [0.15, 0.2) is 38.9 Å². The predicted molar refractivity (Wildman–Crippen MR) is 103 cm³/mol. The number of aromatic nitrogens is 3. The first kappa shape index (κ1) is 18.4. The van der Waals surface area contributed by atoms with Crippen LogP contribution in [0.3, 0.4) is 0 Å². The fourth-order valence-electron chi connectivity index (χ4n) is 2.75. The van der Waals surface area contributed by atoms with E-state index >= 15 is 0 Å². The highest BCUT2D eigenvalue weighted by Crippen LogP contribution is 2.25. The molecule has 3 aromatic rings. The standard InChI is InChI=1S/C17H17FN4O3S2/c1-10-19-5-12(26-10)6-22-15(23)13-4-11(2-3-14(13)20-16(22)24)27-21-17(7-18)8-25-9-17/h2-5,21H,6-9H2,1H3,(H,20,24). The van der Waals surface area contributed by atoms with E-state index in [1.54, 1.807) is 24.4 Å². The molecule has 2 aromatic heterocycles. The maximum absolute atomic E-state index is 13.2. The number of nitrogens with one attached hydrogen (secondary N) is 2. The fraction of sp³-hybridized carbons (Fsp3) is 0.353. The molecule has 1 aliphatic rings. The van der Waals surface area contributed by atoms with E-state index in [-0.39, 0.29) is 12.1 Å². The van der Waals surface area contributed by atoms with Gasteiger partial charge in [-0.3, -0.25) is 9.36 Å². The molecule has 142 valence electrons. The van der Waals surface area contributed by atoms with Crippen molar-refractivity contribution in [2.75, 3.05) is 19.9 Å². The van der Waals surface area contributed by atoms with Crippen molar-refractivity contribution < 1.29 is 9.13 Å². The van der Waals surface area contributed by atoms with Crippen LogP contribution >= 0.6 is 23.3 Å². The second-order valence-corrected chi connectivity index (χ2v) is 8.68. The number of halogens is 1. The van der Waals surface area contributed by atoms with Gasteiger partial charge in [0.2, 0.25) is 0 Å². The number of thiazole rings is 1. The van der Waals surface area contributed by atoms with Crippen LogP contribution in [0, 0.1) is 6.92 Å². The number of aromatic amines is 1. The highest BCUT2D eigenvalue weighted by Gasteiger charge is 2.38. The van der Waals surface area contributed by atoms with Gasteiger partial charge in [0.05, 0.1) is 35.7 Å². The monoisotopic (exact) mass is 408 g/mol. The van der Waals surface area contributed by atoms with E-state index in [1.807, 2.05) is 6.92 Å². The summed E-state index contributed by atoms with van der Waals surface area (Å²) in [6.45, 7) is 2.15. The minimum atomic E-state index is -0.672. The number of hydrogen-bond donors (Lipinski definition) is 2. The Balaban J connectivity index is 1.65. The summed E-state index contributed by atoms with van der Waals surface area (Å²) >= 11 is 2.70. The van der Waals surface area contributed by atoms with Crippen molar-refractivity contribution in [3.8, 4) is 0 Å². The van der Waals surface area contributed by atoms with Gasteiger partial charge in [0.15, 0.2) is 0 Å². The number of fused-ring (bicyclic) bond motifs is 1. The molecule has 27 heavy (non-hydrogen) atoms. The molecular formula is C17H17FN4O3S2. The minimum absolute atomic E-state index is 0.174. The minimum Gasteiger partial charge on any atom is -0.377 e. The maximum atomic E-state index is 13.2. The molecule has 0 saturated carbocycles. The summed E-state index contributed by atoms with van der Waals surface area (Å²) in [5.41, 5.74) is -1.03. The van der Waals surface area contributed by atoms with Gasteiger partial charge in [0.25, 0.3) is 5.56 Å². The first-order valence-electron chi connectivity index (χ1n) is 8.26. The number of alkyl halides is 1. The Kier molecular flexibility index (Phi) is 4.89. The number of nitrogens with zero attached hydrogens (tertiary/aromatic N) is 2. The number of benzene rings is 1. The molecule has 2 N–H and O–H groups in total. The molecule has 0 spiro atoms. The number of hydrogen-bond acceptors (Lipinski definition) is 7. The van der Waals surface area contributed by atoms with Crippen molar-refractivity contribution in [1.82, 2.24) is 19.3 Å². The van der Waals surface area contributed by atoms with Gasteiger partial charge in [-0.05, 0) is 37.1 Å². The van der Waals surface area contributed by atoms with Crippen LogP contribution in [0.25, 0.3) is 10.9 Å². The van der Waals surface area contributed by atoms with E-state index in [1.165, 1.54) is 27.9 Å². The average molecular weight is 408 g/mol. The number of ether oxygens (including phenoxy) is 1. The van der Waals surface area contributed by atoms with Crippen molar-refractivity contribution in [2.24, 2.45) is 0 Å². The molecule has 4 rings (SSSR count). The lowest BCUT2D eigenvalue weighted by atomic mass is 10.0. The van der Waals surface area contributed by atoms with Gasteiger partial charge in [-0.25, -0.2) is 18.9 Å². The van der Waals surface area contributed by atoms with Crippen LogP contribution < -0.4 is 16.0 Å². The summed E-state index contributed by atoms with van der Waals surface area (Å²) in [6.07, 6.45) is 1.67. The molecule has 3 heterocycles. The van der Waals surface area contributed by atoms with E-state index in [0.29, 0.717) is 24.1 Å². The Bertz CT molecular complexity index is 1100. The van der Waals surface area contributed by atoms with Gasteiger partial charge in [0.1, 0.15) is 12.2 Å². The molecule has 0 aliphatic carbocycles. The van der Waals surface area contributed by atoms with Crippen LogP contribution in [-0.4, -0.2) is 40.0 Å². The van der Waals surface area contributed by atoms with E-state index in [9.17, 15) is 14.0 Å². The highest BCUT2D eigenvalue weighted by atomic mass is 32.2. The van der Waals surface area contributed by atoms with Gasteiger partial charge in [-0.15, -0.1) is 11.3 Å². The summed E-state index contributed by atoms with van der Waals surface area (Å²) in [5, 5.41) is 1.28. The van der Waals surface area contributed by atoms with Crippen LogP contribution in [-0.2, 0) is 11.3 Å². The SMILES string of the molecule is Cc1ncc(Cn2c(=O)[nH]c3ccc(SNC4(CF)COC4)cc3c2=O)s1. The average Bonchev–Trinajstić information content (AvgIpc) is 3.03. The third-order valence-corrected chi connectivity index (χ3v) is 6.26. The largest absolute Gasteiger partial charge is 0.377 e. The molecule has 7 nitrogen and oxygen atoms in total. The van der Waals surface area contributed by atoms with Crippen molar-refractivity contribution in [3.63, 3.8) is 0 Å². The normalized spacial score (nSPS) is 15.8. The molecule has 10 heteroatoms.